The molecule has 0 aliphatic carbocycles. The second kappa shape index (κ2) is 5.93. The van der Waals surface area contributed by atoms with E-state index in [-0.39, 0.29) is 17.6 Å². The van der Waals surface area contributed by atoms with Crippen LogP contribution in [-0.4, -0.2) is 37.4 Å². The van der Waals surface area contributed by atoms with Gasteiger partial charge in [-0.05, 0) is 25.0 Å². The van der Waals surface area contributed by atoms with Crippen LogP contribution in [-0.2, 0) is 9.05 Å². The van der Waals surface area contributed by atoms with Crippen molar-refractivity contribution in [3.63, 3.8) is 0 Å². The Hall–Kier alpha value is -1.40. The van der Waals surface area contributed by atoms with Gasteiger partial charge in [0.25, 0.3) is 11.8 Å². The van der Waals surface area contributed by atoms with Crippen LogP contribution >= 0.6 is 10.7 Å². The Morgan fingerprint density at radius 3 is 2.00 bits per heavy atom. The van der Waals surface area contributed by atoms with Gasteiger partial charge < -0.3 is 0 Å². The lowest BCUT2D eigenvalue weighted by atomic mass is 10.1. The van der Waals surface area contributed by atoms with E-state index in [1.54, 1.807) is 24.3 Å². The minimum Gasteiger partial charge on any atom is -0.274 e. The highest BCUT2D eigenvalue weighted by Crippen LogP contribution is 2.22. The predicted octanol–water partition coefficient (Wildman–Crippen LogP) is 2.02. The van der Waals surface area contributed by atoms with Crippen LogP contribution < -0.4 is 0 Å². The van der Waals surface area contributed by atoms with Crippen molar-refractivity contribution in [3.8, 4) is 0 Å². The number of carbonyl (C=O) groups excluding carboxylic acids is 2. The molecule has 0 unspecified atom stereocenters. The van der Waals surface area contributed by atoms with Crippen LogP contribution in [0, 0.1) is 0 Å². The van der Waals surface area contributed by atoms with Gasteiger partial charge in [-0.2, -0.15) is 0 Å². The van der Waals surface area contributed by atoms with Crippen molar-refractivity contribution in [1.82, 2.24) is 4.90 Å². The van der Waals surface area contributed by atoms with Crippen LogP contribution in [0.15, 0.2) is 24.3 Å². The van der Waals surface area contributed by atoms with Crippen LogP contribution in [0.4, 0.5) is 0 Å². The first-order chi connectivity index (χ1) is 9.40. The van der Waals surface area contributed by atoms with Crippen LogP contribution in [0.2, 0.25) is 0 Å². The number of rotatable bonds is 6. The molecule has 0 fully saturated rings. The molecule has 0 radical (unpaired) electrons. The van der Waals surface area contributed by atoms with Crippen molar-refractivity contribution in [2.45, 2.75) is 19.3 Å². The topological polar surface area (TPSA) is 71.5 Å². The summed E-state index contributed by atoms with van der Waals surface area (Å²) in [6.45, 7) is 0.300. The molecule has 0 spiro atoms. The highest BCUT2D eigenvalue weighted by atomic mass is 35.7. The molecule has 0 saturated carbocycles. The van der Waals surface area contributed by atoms with Gasteiger partial charge >= 0.3 is 0 Å². The number of carbonyl (C=O) groups is 2. The zero-order chi connectivity index (χ0) is 14.8. The monoisotopic (exact) mass is 315 g/mol. The molecule has 0 bridgehead atoms. The Kier molecular flexibility index (Phi) is 4.45. The quantitative estimate of drug-likeness (QED) is 0.457. The molecular weight excluding hydrogens is 302 g/mol. The number of unbranched alkanes of at least 4 members (excludes halogenated alkanes) is 2. The minimum atomic E-state index is -3.46. The Morgan fingerprint density at radius 2 is 1.50 bits per heavy atom. The molecular formula is C13H14ClNO4S. The van der Waals surface area contributed by atoms with Crippen molar-refractivity contribution in [2.24, 2.45) is 0 Å². The summed E-state index contributed by atoms with van der Waals surface area (Å²) in [6.07, 6.45) is 1.59. The molecule has 0 saturated heterocycles. The molecule has 2 amide bonds. The van der Waals surface area contributed by atoms with E-state index in [9.17, 15) is 18.0 Å². The third-order valence-electron chi connectivity index (χ3n) is 3.15. The first-order valence-corrected chi connectivity index (χ1v) is 8.75. The van der Waals surface area contributed by atoms with Gasteiger partial charge in [0, 0.05) is 17.2 Å². The van der Waals surface area contributed by atoms with Crippen molar-refractivity contribution >= 4 is 31.5 Å². The molecule has 2 rings (SSSR count). The number of halogens is 1. The average molecular weight is 316 g/mol. The fraction of sp³-hybridized carbons (Fsp3) is 0.385. The normalized spacial score (nSPS) is 14.8. The number of nitrogens with zero attached hydrogens (tertiary/aromatic N) is 1. The number of hydrogen-bond donors (Lipinski definition) is 0. The van der Waals surface area contributed by atoms with Crippen molar-refractivity contribution in [3.05, 3.63) is 35.4 Å². The molecule has 0 aromatic heterocycles. The van der Waals surface area contributed by atoms with Gasteiger partial charge in [-0.25, -0.2) is 8.42 Å². The average Bonchev–Trinajstić information content (AvgIpc) is 2.62. The molecule has 108 valence electrons. The van der Waals surface area contributed by atoms with Gasteiger partial charge in [-0.3, -0.25) is 14.5 Å². The molecule has 1 aromatic carbocycles. The summed E-state index contributed by atoms with van der Waals surface area (Å²) >= 11 is 0. The molecule has 1 aliphatic heterocycles. The van der Waals surface area contributed by atoms with Gasteiger partial charge in [0.2, 0.25) is 9.05 Å². The molecule has 20 heavy (non-hydrogen) atoms. The highest BCUT2D eigenvalue weighted by molar-refractivity contribution is 8.13. The van der Waals surface area contributed by atoms with E-state index in [2.05, 4.69) is 0 Å². The van der Waals surface area contributed by atoms with E-state index in [4.69, 9.17) is 10.7 Å². The molecule has 1 heterocycles. The lowest BCUT2D eigenvalue weighted by molar-refractivity contribution is 0.0651. The van der Waals surface area contributed by atoms with E-state index in [1.165, 1.54) is 4.90 Å². The number of hydrogen-bond acceptors (Lipinski definition) is 4. The van der Waals surface area contributed by atoms with Crippen LogP contribution in [0.25, 0.3) is 0 Å². The SMILES string of the molecule is O=C1c2ccccc2C(=O)N1CCCCCS(=O)(=O)Cl. The molecule has 1 aliphatic rings. The first-order valence-electron chi connectivity index (χ1n) is 6.28. The number of amides is 2. The second-order valence-electron chi connectivity index (χ2n) is 4.61. The third-order valence-corrected chi connectivity index (χ3v) is 4.39. The van der Waals surface area contributed by atoms with E-state index in [1.807, 2.05) is 0 Å². The Balaban J connectivity index is 1.87. The van der Waals surface area contributed by atoms with Gasteiger partial charge in [-0.1, -0.05) is 18.6 Å². The van der Waals surface area contributed by atoms with E-state index >= 15 is 0 Å². The maximum Gasteiger partial charge on any atom is 0.261 e. The van der Waals surface area contributed by atoms with Crippen molar-refractivity contribution in [2.75, 3.05) is 12.3 Å². The summed E-state index contributed by atoms with van der Waals surface area (Å²) in [5.74, 6) is -0.650. The van der Waals surface area contributed by atoms with E-state index in [0.29, 0.717) is 36.9 Å². The molecule has 5 nitrogen and oxygen atoms in total. The van der Waals surface area contributed by atoms with Gasteiger partial charge in [0.05, 0.1) is 16.9 Å². The lowest BCUT2D eigenvalue weighted by Crippen LogP contribution is -2.30. The third kappa shape index (κ3) is 3.37. The predicted molar refractivity (Wildman–Crippen MR) is 75.3 cm³/mol. The zero-order valence-corrected chi connectivity index (χ0v) is 12.3. The zero-order valence-electron chi connectivity index (χ0n) is 10.7. The number of fused-ring (bicyclic) bond motifs is 1. The first kappa shape index (κ1) is 15.0. The number of imide groups is 1. The summed E-state index contributed by atoms with van der Waals surface area (Å²) < 4.78 is 21.5. The maximum absolute atomic E-state index is 12.0. The second-order valence-corrected chi connectivity index (χ2v) is 7.51. The van der Waals surface area contributed by atoms with Gasteiger partial charge in [0.15, 0.2) is 0 Å². The molecule has 7 heteroatoms. The Labute approximate surface area is 121 Å². The molecule has 0 atom stereocenters. The number of benzene rings is 1. The highest BCUT2D eigenvalue weighted by Gasteiger charge is 2.34. The van der Waals surface area contributed by atoms with Crippen LogP contribution in [0.5, 0.6) is 0 Å². The fourth-order valence-corrected chi connectivity index (χ4v) is 3.04. The van der Waals surface area contributed by atoms with Gasteiger partial charge in [-0.15, -0.1) is 0 Å². The Bertz CT molecular complexity index is 607. The summed E-state index contributed by atoms with van der Waals surface area (Å²) in [7, 11) is 1.64. The Morgan fingerprint density at radius 1 is 0.950 bits per heavy atom. The maximum atomic E-state index is 12.0. The standard InChI is InChI=1S/C13H14ClNO4S/c14-20(18,19)9-5-1-4-8-15-12(16)10-6-2-3-7-11(10)13(15)17/h2-3,6-7H,1,4-5,8-9H2. The van der Waals surface area contributed by atoms with Crippen molar-refractivity contribution in [1.29, 1.82) is 0 Å². The van der Waals surface area contributed by atoms with Crippen LogP contribution in [0.3, 0.4) is 0 Å². The van der Waals surface area contributed by atoms with Crippen LogP contribution in [0.1, 0.15) is 40.0 Å². The molecule has 0 N–H and O–H groups in total. The summed E-state index contributed by atoms with van der Waals surface area (Å²) in [5, 5.41) is 0. The largest absolute Gasteiger partial charge is 0.274 e. The smallest absolute Gasteiger partial charge is 0.261 e. The minimum absolute atomic E-state index is 0.0866. The van der Waals surface area contributed by atoms with Crippen molar-refractivity contribution < 1.29 is 18.0 Å². The summed E-state index contributed by atoms with van der Waals surface area (Å²) in [5.41, 5.74) is 0.863. The fourth-order valence-electron chi connectivity index (χ4n) is 2.16. The molecule has 1 aromatic rings. The lowest BCUT2D eigenvalue weighted by Gasteiger charge is -2.13. The van der Waals surface area contributed by atoms with Gasteiger partial charge in [0.1, 0.15) is 0 Å². The summed E-state index contributed by atoms with van der Waals surface area (Å²) in [4.78, 5) is 25.2. The van der Waals surface area contributed by atoms with E-state index < -0.39 is 9.05 Å². The summed E-state index contributed by atoms with van der Waals surface area (Å²) in [6, 6.07) is 6.71. The van der Waals surface area contributed by atoms with E-state index in [0.717, 1.165) is 0 Å².